The summed E-state index contributed by atoms with van der Waals surface area (Å²) in [5.41, 5.74) is 0.505. The Morgan fingerprint density at radius 1 is 1.13 bits per heavy atom. The number of likely N-dealkylation sites (N-methyl/N-ethyl adjacent to an activating group) is 1. The van der Waals surface area contributed by atoms with Crippen LogP contribution in [-0.2, 0) is 35.8 Å². The first-order valence-corrected chi connectivity index (χ1v) is 16.3. The van der Waals surface area contributed by atoms with Crippen molar-refractivity contribution < 1.29 is 43.7 Å². The van der Waals surface area contributed by atoms with Gasteiger partial charge in [0.05, 0.1) is 6.61 Å². The van der Waals surface area contributed by atoms with Gasteiger partial charge in [0, 0.05) is 38.2 Å². The molecule has 1 fully saturated rings. The van der Waals surface area contributed by atoms with Crippen LogP contribution in [0.25, 0.3) is 0 Å². The minimum Gasteiger partial charge on any atom is -0.508 e. The molecule has 2 aliphatic rings. The lowest BCUT2D eigenvalue weighted by Crippen LogP contribution is -2.60. The molecule has 5 N–H and O–H groups in total. The zero-order valence-electron chi connectivity index (χ0n) is 25.5. The van der Waals surface area contributed by atoms with Crippen LogP contribution in [0.1, 0.15) is 25.5 Å². The highest BCUT2D eigenvalue weighted by atomic mass is 32.2. The lowest BCUT2D eigenvalue weighted by molar-refractivity contribution is -0.153. The molecule has 4 rings (SSSR count). The minimum absolute atomic E-state index is 0.0458. The molecule has 0 radical (unpaired) electrons. The van der Waals surface area contributed by atoms with Crippen LogP contribution in [0.15, 0.2) is 40.7 Å². The average Bonchev–Trinajstić information content (AvgIpc) is 3.47. The van der Waals surface area contributed by atoms with Crippen LogP contribution in [0.3, 0.4) is 0 Å². The number of tetrazole rings is 1. The molecule has 0 bridgehead atoms. The van der Waals surface area contributed by atoms with Gasteiger partial charge in [0.25, 0.3) is 0 Å². The van der Waals surface area contributed by atoms with Gasteiger partial charge in [-0.3, -0.25) is 19.3 Å². The predicted octanol–water partition coefficient (Wildman–Crippen LogP) is -0.801. The maximum atomic E-state index is 13.8. The zero-order valence-corrected chi connectivity index (χ0v) is 27.2. The third kappa shape index (κ3) is 8.30. The Balaban J connectivity index is 1.57. The van der Waals surface area contributed by atoms with Crippen molar-refractivity contribution in [2.45, 2.75) is 36.5 Å². The number of imide groups is 1. The third-order valence-electron chi connectivity index (χ3n) is 7.08. The molecule has 2 aromatic rings. The number of carboxylic acids is 1. The summed E-state index contributed by atoms with van der Waals surface area (Å²) >= 11 is 2.37. The molecule has 0 aliphatic carbocycles. The van der Waals surface area contributed by atoms with Crippen molar-refractivity contribution in [3.05, 3.63) is 41.1 Å². The number of aromatic nitrogens is 4. The summed E-state index contributed by atoms with van der Waals surface area (Å²) in [6.07, 6.45) is 0. The zero-order chi connectivity index (χ0) is 34.2. The van der Waals surface area contributed by atoms with Gasteiger partial charge in [0.15, 0.2) is 6.04 Å². The fourth-order valence-corrected chi connectivity index (χ4v) is 6.81. The molecule has 18 nitrogen and oxygen atoms in total. The van der Waals surface area contributed by atoms with Gasteiger partial charge >= 0.3 is 29.8 Å². The maximum Gasteiger partial charge on any atom is 0.352 e. The van der Waals surface area contributed by atoms with E-state index in [9.17, 15) is 39.0 Å². The van der Waals surface area contributed by atoms with Crippen LogP contribution in [0.4, 0.5) is 4.79 Å². The van der Waals surface area contributed by atoms with Gasteiger partial charge in [0.1, 0.15) is 22.9 Å². The standard InChI is InChI=1S/C27H33N9O9S2/c1-4-35-10-11-36(23(40)22(35)39)26(44)30-17(14-6-8-16(37)9-7-14)20(38)28-19(25(43)45-5-2)21-29-18(24(41)42)15(12-46-21)13-47-27-31-32-33-34(27)3/h6-9,17,19,21,29,37H,4-5,10-13H2,1-3H3,(H,28,38)(H,30,44)(H,41,42)/t17-,19+,21-/m1/s1. The van der Waals surface area contributed by atoms with Gasteiger partial charge in [-0.1, -0.05) is 23.9 Å². The molecule has 1 aromatic carbocycles. The van der Waals surface area contributed by atoms with Gasteiger partial charge in [-0.25, -0.2) is 19.1 Å². The fourth-order valence-electron chi connectivity index (χ4n) is 4.62. The molecule has 3 atom stereocenters. The number of benzene rings is 1. The molecule has 20 heteroatoms. The van der Waals surface area contributed by atoms with Crippen LogP contribution < -0.4 is 16.0 Å². The average molecular weight is 692 g/mol. The summed E-state index contributed by atoms with van der Waals surface area (Å²) in [6, 6.07) is 1.29. The van der Waals surface area contributed by atoms with Gasteiger partial charge in [-0.2, -0.15) is 0 Å². The van der Waals surface area contributed by atoms with Crippen molar-refractivity contribution in [2.75, 3.05) is 37.7 Å². The van der Waals surface area contributed by atoms with E-state index in [0.717, 1.165) is 11.8 Å². The second-order valence-corrected chi connectivity index (χ2v) is 12.2. The number of carbonyl (C=O) groups excluding carboxylic acids is 5. The topological polar surface area (TPSA) is 238 Å². The molecule has 3 heterocycles. The second-order valence-electron chi connectivity index (χ2n) is 10.1. The van der Waals surface area contributed by atoms with Crippen LogP contribution in [0, 0.1) is 0 Å². The number of hydrogen-bond donors (Lipinski definition) is 5. The fraction of sp³-hybridized carbons (Fsp3) is 0.444. The van der Waals surface area contributed by atoms with Crippen molar-refractivity contribution in [1.82, 2.24) is 46.0 Å². The summed E-state index contributed by atoms with van der Waals surface area (Å²) < 4.78 is 6.64. The number of piperazine rings is 1. The lowest BCUT2D eigenvalue weighted by atomic mass is 10.1. The van der Waals surface area contributed by atoms with Crippen molar-refractivity contribution >= 4 is 59.2 Å². The predicted molar refractivity (Wildman–Crippen MR) is 165 cm³/mol. The number of amides is 5. The number of nitrogens with zero attached hydrogens (tertiary/aromatic N) is 6. The third-order valence-corrected chi connectivity index (χ3v) is 9.44. The first kappa shape index (κ1) is 35.0. The van der Waals surface area contributed by atoms with E-state index in [-0.39, 0.29) is 54.8 Å². The number of phenolic OH excluding ortho intramolecular Hbond substituents is 1. The molecule has 0 saturated carbocycles. The van der Waals surface area contributed by atoms with Crippen molar-refractivity contribution in [3.8, 4) is 5.75 Å². The number of aryl methyl sites for hydroxylation is 1. The number of thioether (sulfide) groups is 2. The molecule has 252 valence electrons. The molecular weight excluding hydrogens is 658 g/mol. The Kier molecular flexibility index (Phi) is 11.6. The molecule has 0 spiro atoms. The monoisotopic (exact) mass is 691 g/mol. The number of phenols is 1. The quantitative estimate of drug-likeness (QED) is 0.104. The van der Waals surface area contributed by atoms with Gasteiger partial charge in [-0.15, -0.1) is 16.9 Å². The molecule has 1 aromatic heterocycles. The Morgan fingerprint density at radius 2 is 1.85 bits per heavy atom. The number of esters is 1. The van der Waals surface area contributed by atoms with Crippen LogP contribution >= 0.6 is 23.5 Å². The highest BCUT2D eigenvalue weighted by molar-refractivity contribution is 8.00. The number of ether oxygens (including phenoxy) is 1. The van der Waals surface area contributed by atoms with Crippen LogP contribution in [0.2, 0.25) is 0 Å². The highest BCUT2D eigenvalue weighted by Crippen LogP contribution is 2.29. The van der Waals surface area contributed by atoms with E-state index in [1.165, 1.54) is 45.6 Å². The number of aromatic hydroxyl groups is 1. The number of nitrogens with one attached hydrogen (secondary N) is 3. The van der Waals surface area contributed by atoms with Gasteiger partial charge in [0.2, 0.25) is 11.1 Å². The molecule has 1 saturated heterocycles. The smallest absolute Gasteiger partial charge is 0.352 e. The molecule has 2 aliphatic heterocycles. The summed E-state index contributed by atoms with van der Waals surface area (Å²) in [5.74, 6) is -4.73. The Morgan fingerprint density at radius 3 is 2.47 bits per heavy atom. The number of hydrogen-bond acceptors (Lipinski definition) is 14. The summed E-state index contributed by atoms with van der Waals surface area (Å²) in [5, 5.41) is 38.3. The second kappa shape index (κ2) is 15.6. The normalized spacial score (nSPS) is 17.9. The molecule has 0 unspecified atom stereocenters. The van der Waals surface area contributed by atoms with E-state index in [1.807, 2.05) is 0 Å². The van der Waals surface area contributed by atoms with Gasteiger partial charge < -0.3 is 35.8 Å². The Hall–Kier alpha value is -4.85. The van der Waals surface area contributed by atoms with Crippen molar-refractivity contribution in [1.29, 1.82) is 0 Å². The Labute approximate surface area is 276 Å². The number of carbonyl (C=O) groups is 6. The largest absolute Gasteiger partial charge is 0.508 e. The SMILES string of the molecule is CCOC(=O)[C@@H](NC(=O)[C@H](NC(=O)N1CCN(CC)C(=O)C1=O)c1ccc(O)cc1)[C@@H]1NC(C(=O)O)=C(CSc2nnnn2C)CS1. The molecule has 5 amide bonds. The maximum absolute atomic E-state index is 13.8. The first-order chi connectivity index (χ1) is 22.4. The number of carboxylic acid groups (broad SMARTS) is 1. The lowest BCUT2D eigenvalue weighted by Gasteiger charge is -2.34. The summed E-state index contributed by atoms with van der Waals surface area (Å²) in [7, 11) is 1.64. The summed E-state index contributed by atoms with van der Waals surface area (Å²) in [6.45, 7) is 3.48. The molecule has 47 heavy (non-hydrogen) atoms. The van der Waals surface area contributed by atoms with Crippen LogP contribution in [0.5, 0.6) is 5.75 Å². The Bertz CT molecular complexity index is 1570. The van der Waals surface area contributed by atoms with Crippen LogP contribution in [-0.4, -0.2) is 125 Å². The van der Waals surface area contributed by atoms with Crippen molar-refractivity contribution in [3.63, 3.8) is 0 Å². The van der Waals surface area contributed by atoms with E-state index in [1.54, 1.807) is 20.9 Å². The van der Waals surface area contributed by atoms with E-state index in [0.29, 0.717) is 15.6 Å². The number of urea groups is 1. The minimum atomic E-state index is -1.51. The van der Waals surface area contributed by atoms with E-state index in [2.05, 4.69) is 31.5 Å². The first-order valence-electron chi connectivity index (χ1n) is 14.3. The van der Waals surface area contributed by atoms with E-state index >= 15 is 0 Å². The van der Waals surface area contributed by atoms with E-state index < -0.39 is 53.1 Å². The van der Waals surface area contributed by atoms with Gasteiger partial charge in [-0.05, 0) is 47.5 Å². The summed E-state index contributed by atoms with van der Waals surface area (Å²) in [4.78, 5) is 79.5. The number of aliphatic carboxylic acids is 1. The molecular formula is C27H33N9O9S2. The highest BCUT2D eigenvalue weighted by Gasteiger charge is 2.40. The van der Waals surface area contributed by atoms with Crippen molar-refractivity contribution in [2.24, 2.45) is 7.05 Å². The van der Waals surface area contributed by atoms with E-state index in [4.69, 9.17) is 4.74 Å². The number of rotatable bonds is 12.